The van der Waals surface area contributed by atoms with Gasteiger partial charge in [0.1, 0.15) is 18.0 Å². The van der Waals surface area contributed by atoms with E-state index in [1.54, 1.807) is 26.6 Å². The second-order valence-corrected chi connectivity index (χ2v) is 6.08. The van der Waals surface area contributed by atoms with Crippen LogP contribution in [-0.4, -0.2) is 54.5 Å². The van der Waals surface area contributed by atoms with E-state index in [0.29, 0.717) is 5.82 Å². The number of benzene rings is 1. The highest BCUT2D eigenvalue weighted by Crippen LogP contribution is 2.30. The first kappa shape index (κ1) is 15.9. The molecule has 0 aliphatic carbocycles. The number of ether oxygens (including phenoxy) is 2. The van der Waals surface area contributed by atoms with Crippen LogP contribution in [-0.2, 0) is 9.47 Å². The summed E-state index contributed by atoms with van der Waals surface area (Å²) in [6.07, 6.45) is 3.59. The van der Waals surface area contributed by atoms with Crippen molar-refractivity contribution in [3.63, 3.8) is 0 Å². The van der Waals surface area contributed by atoms with Crippen LogP contribution in [0.5, 0.6) is 0 Å². The normalized spacial score (nSPS) is 20.3. The van der Waals surface area contributed by atoms with Crippen molar-refractivity contribution in [1.82, 2.24) is 15.0 Å². The molecule has 1 aromatic carbocycles. The highest BCUT2D eigenvalue weighted by Gasteiger charge is 2.34. The maximum Gasteiger partial charge on any atom is 0.163 e. The monoisotopic (exact) mass is 336 g/mol. The second-order valence-electron chi connectivity index (χ2n) is 6.08. The number of aromatic nitrogens is 3. The predicted molar refractivity (Wildman–Crippen MR) is 96.6 cm³/mol. The van der Waals surface area contributed by atoms with E-state index in [4.69, 9.17) is 19.4 Å². The molecule has 6 heteroatoms. The molecule has 0 N–H and O–H groups in total. The molecule has 2 atom stereocenters. The Kier molecular flexibility index (Phi) is 4.29. The van der Waals surface area contributed by atoms with Crippen LogP contribution in [0.25, 0.3) is 22.3 Å². The first-order valence-corrected chi connectivity index (χ1v) is 8.28. The summed E-state index contributed by atoms with van der Waals surface area (Å²) in [5, 5.41) is 1.03. The van der Waals surface area contributed by atoms with E-state index >= 15 is 0 Å². The maximum absolute atomic E-state index is 5.57. The van der Waals surface area contributed by atoms with E-state index in [9.17, 15) is 0 Å². The summed E-state index contributed by atoms with van der Waals surface area (Å²) in [6, 6.07) is 11.9. The zero-order valence-corrected chi connectivity index (χ0v) is 14.3. The van der Waals surface area contributed by atoms with Crippen molar-refractivity contribution in [3.05, 3.63) is 48.8 Å². The molecule has 0 bridgehead atoms. The first-order valence-electron chi connectivity index (χ1n) is 8.28. The lowest BCUT2D eigenvalue weighted by atomic mass is 10.2. The summed E-state index contributed by atoms with van der Waals surface area (Å²) < 4.78 is 11.1. The Hall–Kier alpha value is -2.57. The summed E-state index contributed by atoms with van der Waals surface area (Å²) in [7, 11) is 3.44. The van der Waals surface area contributed by atoms with Crippen LogP contribution >= 0.6 is 0 Å². The molecule has 1 saturated heterocycles. The lowest BCUT2D eigenvalue weighted by Gasteiger charge is -2.19. The summed E-state index contributed by atoms with van der Waals surface area (Å²) in [5.41, 5.74) is 1.82. The maximum atomic E-state index is 5.57. The van der Waals surface area contributed by atoms with Gasteiger partial charge in [0.05, 0.1) is 5.52 Å². The van der Waals surface area contributed by atoms with Crippen molar-refractivity contribution in [3.8, 4) is 11.4 Å². The van der Waals surface area contributed by atoms with Gasteiger partial charge in [-0.25, -0.2) is 9.97 Å². The number of nitrogens with zero attached hydrogens (tertiary/aromatic N) is 4. The first-order chi connectivity index (χ1) is 12.3. The van der Waals surface area contributed by atoms with Gasteiger partial charge in [-0.3, -0.25) is 4.98 Å². The molecule has 0 radical (unpaired) electrons. The number of rotatable bonds is 4. The third kappa shape index (κ3) is 2.94. The van der Waals surface area contributed by atoms with Gasteiger partial charge in [-0.1, -0.05) is 12.1 Å². The van der Waals surface area contributed by atoms with Gasteiger partial charge in [0.25, 0.3) is 0 Å². The zero-order valence-electron chi connectivity index (χ0n) is 14.3. The van der Waals surface area contributed by atoms with Crippen LogP contribution in [0.2, 0.25) is 0 Å². The van der Waals surface area contributed by atoms with Crippen LogP contribution in [0.4, 0.5) is 5.82 Å². The lowest BCUT2D eigenvalue weighted by Crippen LogP contribution is -2.27. The van der Waals surface area contributed by atoms with Crippen molar-refractivity contribution < 1.29 is 9.47 Å². The molecule has 0 amide bonds. The Balaban J connectivity index is 1.82. The molecular weight excluding hydrogens is 316 g/mol. The second kappa shape index (κ2) is 6.74. The van der Waals surface area contributed by atoms with Crippen LogP contribution in [0.1, 0.15) is 0 Å². The number of hydrogen-bond donors (Lipinski definition) is 0. The lowest BCUT2D eigenvalue weighted by molar-refractivity contribution is -0.00461. The molecule has 2 aromatic heterocycles. The van der Waals surface area contributed by atoms with Crippen molar-refractivity contribution in [2.45, 2.75) is 12.2 Å². The van der Waals surface area contributed by atoms with Crippen LogP contribution < -0.4 is 4.90 Å². The molecule has 3 aromatic rings. The molecule has 0 spiro atoms. The van der Waals surface area contributed by atoms with Gasteiger partial charge >= 0.3 is 0 Å². The van der Waals surface area contributed by atoms with Gasteiger partial charge in [-0.2, -0.15) is 0 Å². The average molecular weight is 336 g/mol. The minimum Gasteiger partial charge on any atom is -0.377 e. The molecule has 0 saturated carbocycles. The Labute approximate surface area is 146 Å². The van der Waals surface area contributed by atoms with E-state index in [-0.39, 0.29) is 12.2 Å². The average Bonchev–Trinajstić information content (AvgIpc) is 3.11. The number of para-hydroxylation sites is 1. The highest BCUT2D eigenvalue weighted by molar-refractivity contribution is 5.91. The summed E-state index contributed by atoms with van der Waals surface area (Å²) in [6.45, 7) is 1.48. The smallest absolute Gasteiger partial charge is 0.163 e. The molecule has 25 heavy (non-hydrogen) atoms. The Morgan fingerprint density at radius 1 is 0.960 bits per heavy atom. The fourth-order valence-corrected chi connectivity index (χ4v) is 3.29. The van der Waals surface area contributed by atoms with Gasteiger partial charge in [0.2, 0.25) is 0 Å². The largest absolute Gasteiger partial charge is 0.377 e. The minimum absolute atomic E-state index is 0.0283. The van der Waals surface area contributed by atoms with E-state index in [1.165, 1.54) is 0 Å². The number of pyridine rings is 1. The fraction of sp³-hybridized carbons (Fsp3) is 0.316. The quantitative estimate of drug-likeness (QED) is 0.730. The Morgan fingerprint density at radius 3 is 2.40 bits per heavy atom. The molecule has 6 nitrogen and oxygen atoms in total. The van der Waals surface area contributed by atoms with Crippen LogP contribution in [0, 0.1) is 0 Å². The molecule has 1 aliphatic rings. The summed E-state index contributed by atoms with van der Waals surface area (Å²) in [4.78, 5) is 16.0. The van der Waals surface area contributed by atoms with E-state index in [1.807, 2.05) is 30.3 Å². The van der Waals surface area contributed by atoms with Crippen molar-refractivity contribution >= 4 is 16.7 Å². The predicted octanol–water partition coefficient (Wildman–Crippen LogP) is 2.54. The van der Waals surface area contributed by atoms with E-state index in [2.05, 4.69) is 16.0 Å². The zero-order chi connectivity index (χ0) is 17.2. The third-order valence-electron chi connectivity index (χ3n) is 4.62. The fourth-order valence-electron chi connectivity index (χ4n) is 3.29. The van der Waals surface area contributed by atoms with Crippen LogP contribution in [0.15, 0.2) is 48.8 Å². The van der Waals surface area contributed by atoms with Gasteiger partial charge in [-0.15, -0.1) is 0 Å². The Bertz CT molecular complexity index is 860. The van der Waals surface area contributed by atoms with Gasteiger partial charge in [0.15, 0.2) is 5.82 Å². The van der Waals surface area contributed by atoms with Gasteiger partial charge in [0, 0.05) is 50.7 Å². The molecule has 1 fully saturated rings. The molecule has 128 valence electrons. The topological polar surface area (TPSA) is 60.4 Å². The summed E-state index contributed by atoms with van der Waals surface area (Å²) >= 11 is 0. The molecule has 0 unspecified atom stereocenters. The molecule has 3 heterocycles. The third-order valence-corrected chi connectivity index (χ3v) is 4.62. The summed E-state index contributed by atoms with van der Waals surface area (Å²) in [5.74, 6) is 1.59. The van der Waals surface area contributed by atoms with E-state index in [0.717, 1.165) is 35.4 Å². The standard InChI is InChI=1S/C19H20N4O2/c1-24-16-11-23(12-17(16)25-2)19-14-7-3-4-8-15(14)21-18(22-19)13-6-5-9-20-10-13/h3-10,16-17H,11-12H2,1-2H3/t16-,17+. The SMILES string of the molecule is CO[C@H]1CN(c2nc(-c3cccnc3)nc3ccccc23)C[C@H]1OC. The Morgan fingerprint density at radius 2 is 1.72 bits per heavy atom. The van der Waals surface area contributed by atoms with Gasteiger partial charge < -0.3 is 14.4 Å². The minimum atomic E-state index is 0.0283. The highest BCUT2D eigenvalue weighted by atomic mass is 16.5. The molecule has 1 aliphatic heterocycles. The molecule has 4 rings (SSSR count). The van der Waals surface area contributed by atoms with E-state index < -0.39 is 0 Å². The van der Waals surface area contributed by atoms with Crippen molar-refractivity contribution in [2.24, 2.45) is 0 Å². The van der Waals surface area contributed by atoms with Crippen molar-refractivity contribution in [2.75, 3.05) is 32.2 Å². The van der Waals surface area contributed by atoms with Gasteiger partial charge in [-0.05, 0) is 24.3 Å². The number of methoxy groups -OCH3 is 2. The van der Waals surface area contributed by atoms with Crippen LogP contribution in [0.3, 0.4) is 0 Å². The number of hydrogen-bond acceptors (Lipinski definition) is 6. The number of fused-ring (bicyclic) bond motifs is 1. The number of anilines is 1. The molecular formula is C19H20N4O2. The van der Waals surface area contributed by atoms with Crippen molar-refractivity contribution in [1.29, 1.82) is 0 Å².